The predicted octanol–water partition coefficient (Wildman–Crippen LogP) is 8.74. The maximum Gasteiger partial charge on any atom is 0.355 e. The lowest BCUT2D eigenvalue weighted by Gasteiger charge is -2.57. The molecule has 0 spiro atoms. The second-order valence-electron chi connectivity index (χ2n) is 18.2. The van der Waals surface area contributed by atoms with Crippen molar-refractivity contribution in [3.8, 4) is 11.1 Å². The third-order valence-electron chi connectivity index (χ3n) is 13.5. The summed E-state index contributed by atoms with van der Waals surface area (Å²) in [6.07, 6.45) is 12.8. The zero-order chi connectivity index (χ0) is 40.8. The number of carboxylic acids is 1. The molecule has 2 aliphatic heterocycles. The van der Waals surface area contributed by atoms with Crippen LogP contribution in [0, 0.1) is 24.7 Å². The molecule has 3 atom stereocenters. The Labute approximate surface area is 350 Å². The predicted molar refractivity (Wildman–Crippen MR) is 231 cm³/mol. The number of morpholine rings is 1. The summed E-state index contributed by atoms with van der Waals surface area (Å²) in [6, 6.07) is 11.8. The number of carboxylic acid groups (broad SMARTS) is 1. The molecule has 1 aromatic carbocycles. The van der Waals surface area contributed by atoms with Gasteiger partial charge < -0.3 is 24.8 Å². The minimum absolute atomic E-state index is 0.00416. The lowest BCUT2D eigenvalue weighted by molar-refractivity contribution is -0.167. The van der Waals surface area contributed by atoms with Gasteiger partial charge in [0.15, 0.2) is 22.5 Å². The molecule has 6 heterocycles. The summed E-state index contributed by atoms with van der Waals surface area (Å²) in [5.74, 6) is 0.845. The van der Waals surface area contributed by atoms with Crippen LogP contribution in [0.25, 0.3) is 21.3 Å². The zero-order valence-corrected chi connectivity index (χ0v) is 35.7. The topological polar surface area (TPSA) is 144 Å². The van der Waals surface area contributed by atoms with E-state index in [-0.39, 0.29) is 16.7 Å². The number of aromatic carboxylic acids is 1. The standard InChI is InChI=1S/C45H57N9O4S/c1-30-32-10-7-18-53(40(32)51-50-39(30)49-42-47-35-11-5-6-12-36(35)59-42)37-14-13-33(38(48-37)41(55)56)34-26-46-54(31(34)2)19-9-16-44(4)27-43(3)15-8-17-45(28-43,29-44)58-25-22-52-20-23-57-24-21-52/h5-6,11-14,26H,7-10,15-25,27-29H2,1-4H3,(H,55,56)(H,47,49,50)/t43-,44+,45+/m0/s1. The first-order chi connectivity index (χ1) is 28.5. The molecule has 1 saturated heterocycles. The number of rotatable bonds is 13. The van der Waals surface area contributed by atoms with E-state index < -0.39 is 5.97 Å². The average molecular weight is 820 g/mol. The average Bonchev–Trinajstić information content (AvgIpc) is 3.80. The molecule has 14 heteroatoms. The van der Waals surface area contributed by atoms with Crippen LogP contribution in [0.1, 0.15) is 98.9 Å². The molecule has 9 rings (SSSR count). The minimum Gasteiger partial charge on any atom is -0.476 e. The monoisotopic (exact) mass is 819 g/mol. The van der Waals surface area contributed by atoms with Crippen molar-refractivity contribution in [2.75, 3.05) is 56.2 Å². The number of hydrogen-bond acceptors (Lipinski definition) is 12. The maximum absolute atomic E-state index is 12.8. The number of aryl methyl sites for hydroxylation is 1. The van der Waals surface area contributed by atoms with Crippen molar-refractivity contribution in [2.24, 2.45) is 10.8 Å². The smallest absolute Gasteiger partial charge is 0.355 e. The molecule has 0 amide bonds. The highest BCUT2D eigenvalue weighted by Crippen LogP contribution is 2.60. The molecule has 4 aromatic heterocycles. The van der Waals surface area contributed by atoms with Gasteiger partial charge in [-0.3, -0.25) is 9.58 Å². The Balaban J connectivity index is 0.880. The molecule has 3 fully saturated rings. The fraction of sp³-hybridized carbons (Fsp3) is 0.556. The Kier molecular flexibility index (Phi) is 10.9. The van der Waals surface area contributed by atoms with Crippen molar-refractivity contribution in [3.63, 3.8) is 0 Å². The molecule has 4 aliphatic rings. The second-order valence-corrected chi connectivity index (χ2v) is 19.2. The van der Waals surface area contributed by atoms with Gasteiger partial charge in [-0.2, -0.15) is 5.10 Å². The molecule has 5 aromatic rings. The number of nitrogens with zero attached hydrogens (tertiary/aromatic N) is 8. The summed E-state index contributed by atoms with van der Waals surface area (Å²) in [4.78, 5) is 26.8. The zero-order valence-electron chi connectivity index (χ0n) is 34.9. The molecule has 312 valence electrons. The van der Waals surface area contributed by atoms with E-state index in [0.29, 0.717) is 35.0 Å². The van der Waals surface area contributed by atoms with Gasteiger partial charge in [-0.05, 0) is 107 Å². The van der Waals surface area contributed by atoms with Crippen LogP contribution in [-0.4, -0.2) is 97.5 Å². The molecule has 59 heavy (non-hydrogen) atoms. The van der Waals surface area contributed by atoms with Crippen LogP contribution in [0.3, 0.4) is 0 Å². The first-order valence-corrected chi connectivity index (χ1v) is 22.3. The fourth-order valence-electron chi connectivity index (χ4n) is 11.1. The lowest BCUT2D eigenvalue weighted by atomic mass is 9.52. The Morgan fingerprint density at radius 3 is 2.64 bits per heavy atom. The van der Waals surface area contributed by atoms with Crippen molar-refractivity contribution < 1.29 is 19.4 Å². The molecule has 0 radical (unpaired) electrons. The number of hydrogen-bond donors (Lipinski definition) is 2. The Bertz CT molecular complexity index is 2310. The number of thiazole rings is 1. The quantitative estimate of drug-likeness (QED) is 0.117. The molecule has 13 nitrogen and oxygen atoms in total. The van der Waals surface area contributed by atoms with Gasteiger partial charge in [-0.1, -0.05) is 43.7 Å². The number of nitrogens with one attached hydrogen (secondary N) is 1. The third-order valence-corrected chi connectivity index (χ3v) is 14.4. The highest BCUT2D eigenvalue weighted by molar-refractivity contribution is 7.22. The van der Waals surface area contributed by atoms with Crippen LogP contribution >= 0.6 is 11.3 Å². The molecule has 2 N–H and O–H groups in total. The van der Waals surface area contributed by atoms with Crippen LogP contribution in [0.2, 0.25) is 0 Å². The van der Waals surface area contributed by atoms with Gasteiger partial charge in [0.25, 0.3) is 0 Å². The van der Waals surface area contributed by atoms with Gasteiger partial charge in [0.1, 0.15) is 5.82 Å². The van der Waals surface area contributed by atoms with Gasteiger partial charge in [0, 0.05) is 60.7 Å². The number of fused-ring (bicyclic) bond motifs is 4. The molecule has 2 bridgehead atoms. The summed E-state index contributed by atoms with van der Waals surface area (Å²) in [5.41, 5.74) is 5.78. The second kappa shape index (κ2) is 16.2. The lowest BCUT2D eigenvalue weighted by Crippen LogP contribution is -2.53. The van der Waals surface area contributed by atoms with Crippen LogP contribution in [0.4, 0.5) is 22.6 Å². The highest BCUT2D eigenvalue weighted by Gasteiger charge is 2.53. The number of ether oxygens (including phenoxy) is 2. The summed E-state index contributed by atoms with van der Waals surface area (Å²) in [7, 11) is 0. The van der Waals surface area contributed by atoms with Crippen molar-refractivity contribution in [1.82, 2.24) is 34.8 Å². The number of carbonyl (C=O) groups is 1. The van der Waals surface area contributed by atoms with Gasteiger partial charge in [0.05, 0.1) is 41.8 Å². The van der Waals surface area contributed by atoms with E-state index in [1.807, 2.05) is 53.8 Å². The Hall–Kier alpha value is -4.50. The van der Waals surface area contributed by atoms with Gasteiger partial charge in [-0.15, -0.1) is 10.2 Å². The maximum atomic E-state index is 12.8. The van der Waals surface area contributed by atoms with E-state index in [1.54, 1.807) is 17.5 Å². The molecular weight excluding hydrogens is 763 g/mol. The van der Waals surface area contributed by atoms with Crippen LogP contribution < -0.4 is 10.2 Å². The Morgan fingerprint density at radius 2 is 1.81 bits per heavy atom. The first-order valence-electron chi connectivity index (χ1n) is 21.5. The first kappa shape index (κ1) is 39.9. The summed E-state index contributed by atoms with van der Waals surface area (Å²) >= 11 is 1.58. The van der Waals surface area contributed by atoms with E-state index in [0.717, 1.165) is 122 Å². The Morgan fingerprint density at radius 1 is 0.966 bits per heavy atom. The fourth-order valence-corrected chi connectivity index (χ4v) is 11.9. The highest BCUT2D eigenvalue weighted by atomic mass is 32.1. The van der Waals surface area contributed by atoms with Crippen molar-refractivity contribution >= 4 is 50.1 Å². The third kappa shape index (κ3) is 8.21. The van der Waals surface area contributed by atoms with Crippen molar-refractivity contribution in [1.29, 1.82) is 0 Å². The number of benzene rings is 1. The van der Waals surface area contributed by atoms with E-state index in [2.05, 4.69) is 40.3 Å². The molecule has 0 unspecified atom stereocenters. The van der Waals surface area contributed by atoms with Crippen LogP contribution in [-0.2, 0) is 22.4 Å². The number of pyridine rings is 1. The summed E-state index contributed by atoms with van der Waals surface area (Å²) in [6.45, 7) is 15.9. The van der Waals surface area contributed by atoms with Gasteiger partial charge in [-0.25, -0.2) is 14.8 Å². The van der Waals surface area contributed by atoms with Crippen LogP contribution in [0.15, 0.2) is 42.6 Å². The summed E-state index contributed by atoms with van der Waals surface area (Å²) in [5, 5.41) is 28.7. The number of para-hydroxylation sites is 1. The van der Waals surface area contributed by atoms with Crippen LogP contribution in [0.5, 0.6) is 0 Å². The van der Waals surface area contributed by atoms with E-state index in [1.165, 1.54) is 25.7 Å². The van der Waals surface area contributed by atoms with E-state index >= 15 is 0 Å². The normalized spacial score (nSPS) is 24.6. The molecule has 2 aliphatic carbocycles. The van der Waals surface area contributed by atoms with E-state index in [9.17, 15) is 9.90 Å². The van der Waals surface area contributed by atoms with Gasteiger partial charge >= 0.3 is 5.97 Å². The molecule has 2 saturated carbocycles. The minimum atomic E-state index is -1.07. The number of aromatic nitrogens is 6. The van der Waals surface area contributed by atoms with Crippen molar-refractivity contribution in [2.45, 2.75) is 104 Å². The van der Waals surface area contributed by atoms with Gasteiger partial charge in [0.2, 0.25) is 0 Å². The van der Waals surface area contributed by atoms with E-state index in [4.69, 9.17) is 24.5 Å². The SMILES string of the molecule is Cc1c(Nc2nc3ccccc3s2)nnc2c1CCCN2c1ccc(-c2cnn(CCC[C@]3(C)C[C@]4(C)CCC[C@@](OCCN5CCOCC5)(C4)C3)c2C)c(C(=O)O)n1. The summed E-state index contributed by atoms with van der Waals surface area (Å²) < 4.78 is 15.6. The molecular formula is C45H57N9O4S. The van der Waals surface area contributed by atoms with Crippen molar-refractivity contribution in [3.05, 3.63) is 65.1 Å². The largest absolute Gasteiger partial charge is 0.476 e. The number of anilines is 4.